The highest BCUT2D eigenvalue weighted by Gasteiger charge is 2.19. The SMILES string of the molecule is CCC(C)(O)c1ccc(N(C)C)cc1. The zero-order chi connectivity index (χ0) is 10.8. The third-order valence-electron chi connectivity index (χ3n) is 2.69. The van der Waals surface area contributed by atoms with Gasteiger partial charge >= 0.3 is 0 Å². The van der Waals surface area contributed by atoms with Gasteiger partial charge in [-0.25, -0.2) is 0 Å². The summed E-state index contributed by atoms with van der Waals surface area (Å²) in [6.07, 6.45) is 0.730. The molecule has 0 radical (unpaired) electrons. The van der Waals surface area contributed by atoms with Crippen molar-refractivity contribution in [2.45, 2.75) is 25.9 Å². The van der Waals surface area contributed by atoms with Crippen molar-refractivity contribution in [1.29, 1.82) is 0 Å². The number of anilines is 1. The summed E-state index contributed by atoms with van der Waals surface area (Å²) in [4.78, 5) is 2.05. The summed E-state index contributed by atoms with van der Waals surface area (Å²) in [5, 5.41) is 10.0. The third kappa shape index (κ3) is 2.26. The molecule has 0 aliphatic rings. The Labute approximate surface area is 86.2 Å². The number of hydrogen-bond acceptors (Lipinski definition) is 2. The highest BCUT2D eigenvalue weighted by atomic mass is 16.3. The van der Waals surface area contributed by atoms with E-state index in [4.69, 9.17) is 0 Å². The number of hydrogen-bond donors (Lipinski definition) is 1. The van der Waals surface area contributed by atoms with Crippen molar-refractivity contribution in [2.24, 2.45) is 0 Å². The zero-order valence-corrected chi connectivity index (χ0v) is 9.41. The quantitative estimate of drug-likeness (QED) is 0.796. The van der Waals surface area contributed by atoms with E-state index in [-0.39, 0.29) is 0 Å². The van der Waals surface area contributed by atoms with Gasteiger partial charge < -0.3 is 10.0 Å². The predicted molar refractivity (Wildman–Crippen MR) is 60.6 cm³/mol. The molecule has 1 N–H and O–H groups in total. The number of nitrogens with zero attached hydrogens (tertiary/aromatic N) is 1. The maximum atomic E-state index is 10.0. The molecule has 0 bridgehead atoms. The summed E-state index contributed by atoms with van der Waals surface area (Å²) in [7, 11) is 4.01. The summed E-state index contributed by atoms with van der Waals surface area (Å²) in [5.74, 6) is 0. The lowest BCUT2D eigenvalue weighted by atomic mass is 9.93. The Bertz CT molecular complexity index is 288. The fraction of sp³-hybridized carbons (Fsp3) is 0.500. The summed E-state index contributed by atoms with van der Waals surface area (Å²) >= 11 is 0. The standard InChI is InChI=1S/C12H19NO/c1-5-12(2,14)10-6-8-11(9-7-10)13(3)4/h6-9,14H,5H2,1-4H3. The van der Waals surface area contributed by atoms with Crippen LogP contribution >= 0.6 is 0 Å². The minimum atomic E-state index is -0.704. The Morgan fingerprint density at radius 3 is 2.07 bits per heavy atom. The van der Waals surface area contributed by atoms with E-state index in [0.29, 0.717) is 0 Å². The van der Waals surface area contributed by atoms with Crippen molar-refractivity contribution in [1.82, 2.24) is 0 Å². The van der Waals surface area contributed by atoms with Crippen molar-refractivity contribution in [3.8, 4) is 0 Å². The normalized spacial score (nSPS) is 14.9. The van der Waals surface area contributed by atoms with Crippen LogP contribution in [-0.2, 0) is 5.60 Å². The van der Waals surface area contributed by atoms with Gasteiger partial charge in [0.1, 0.15) is 0 Å². The van der Waals surface area contributed by atoms with Crippen LogP contribution in [0.4, 0.5) is 5.69 Å². The van der Waals surface area contributed by atoms with E-state index < -0.39 is 5.60 Å². The Hall–Kier alpha value is -1.02. The van der Waals surface area contributed by atoms with Gasteiger partial charge in [-0.15, -0.1) is 0 Å². The molecule has 0 heterocycles. The Morgan fingerprint density at radius 1 is 1.21 bits per heavy atom. The molecule has 0 fully saturated rings. The molecule has 1 aromatic rings. The minimum absolute atomic E-state index is 0.704. The molecule has 2 nitrogen and oxygen atoms in total. The van der Waals surface area contributed by atoms with Gasteiger partial charge in [-0.1, -0.05) is 19.1 Å². The van der Waals surface area contributed by atoms with Crippen LogP contribution in [0.2, 0.25) is 0 Å². The molecular weight excluding hydrogens is 174 g/mol. The summed E-state index contributed by atoms with van der Waals surface area (Å²) in [6, 6.07) is 8.02. The van der Waals surface area contributed by atoms with Crippen molar-refractivity contribution in [3.05, 3.63) is 29.8 Å². The Kier molecular flexibility index (Phi) is 3.17. The van der Waals surface area contributed by atoms with Gasteiger partial charge in [-0.3, -0.25) is 0 Å². The van der Waals surface area contributed by atoms with Crippen molar-refractivity contribution >= 4 is 5.69 Å². The summed E-state index contributed by atoms with van der Waals surface area (Å²) in [5.41, 5.74) is 1.43. The van der Waals surface area contributed by atoms with Gasteiger partial charge in [-0.05, 0) is 31.0 Å². The van der Waals surface area contributed by atoms with E-state index in [1.54, 1.807) is 0 Å². The first-order valence-corrected chi connectivity index (χ1v) is 4.97. The minimum Gasteiger partial charge on any atom is -0.385 e. The van der Waals surface area contributed by atoms with Crippen LogP contribution < -0.4 is 4.90 Å². The van der Waals surface area contributed by atoms with E-state index in [1.165, 1.54) is 0 Å². The van der Waals surface area contributed by atoms with E-state index in [2.05, 4.69) is 0 Å². The van der Waals surface area contributed by atoms with Crippen molar-refractivity contribution < 1.29 is 5.11 Å². The molecule has 2 heteroatoms. The largest absolute Gasteiger partial charge is 0.385 e. The molecule has 1 unspecified atom stereocenters. The molecule has 1 aromatic carbocycles. The first-order chi connectivity index (χ1) is 6.47. The number of aliphatic hydroxyl groups is 1. The predicted octanol–water partition coefficient (Wildman–Crippen LogP) is 2.37. The van der Waals surface area contributed by atoms with Crippen LogP contribution in [0, 0.1) is 0 Å². The highest BCUT2D eigenvalue weighted by molar-refractivity contribution is 5.46. The molecule has 0 saturated carbocycles. The first-order valence-electron chi connectivity index (χ1n) is 4.97. The summed E-state index contributed by atoms with van der Waals surface area (Å²) in [6.45, 7) is 3.83. The topological polar surface area (TPSA) is 23.5 Å². The average Bonchev–Trinajstić information content (AvgIpc) is 2.18. The van der Waals surface area contributed by atoms with E-state index in [0.717, 1.165) is 17.7 Å². The second-order valence-corrected chi connectivity index (χ2v) is 4.07. The van der Waals surface area contributed by atoms with E-state index in [9.17, 15) is 5.11 Å². The Morgan fingerprint density at radius 2 is 1.71 bits per heavy atom. The lowest BCUT2D eigenvalue weighted by molar-refractivity contribution is 0.0531. The fourth-order valence-electron chi connectivity index (χ4n) is 1.32. The molecule has 0 amide bonds. The zero-order valence-electron chi connectivity index (χ0n) is 9.41. The van der Waals surface area contributed by atoms with Gasteiger partial charge in [-0.2, -0.15) is 0 Å². The lowest BCUT2D eigenvalue weighted by Gasteiger charge is -2.22. The molecule has 0 aromatic heterocycles. The maximum absolute atomic E-state index is 10.0. The molecule has 14 heavy (non-hydrogen) atoms. The molecule has 0 saturated heterocycles. The highest BCUT2D eigenvalue weighted by Crippen LogP contribution is 2.25. The number of benzene rings is 1. The average molecular weight is 193 g/mol. The lowest BCUT2D eigenvalue weighted by Crippen LogP contribution is -2.19. The molecular formula is C12H19NO. The smallest absolute Gasteiger partial charge is 0.0865 e. The van der Waals surface area contributed by atoms with Crippen LogP contribution in [-0.4, -0.2) is 19.2 Å². The van der Waals surface area contributed by atoms with Gasteiger partial charge in [0.25, 0.3) is 0 Å². The van der Waals surface area contributed by atoms with Crippen LogP contribution in [0.15, 0.2) is 24.3 Å². The van der Waals surface area contributed by atoms with Gasteiger partial charge in [0, 0.05) is 19.8 Å². The molecule has 0 aliphatic carbocycles. The van der Waals surface area contributed by atoms with Crippen LogP contribution in [0.1, 0.15) is 25.8 Å². The molecule has 0 aliphatic heterocycles. The second kappa shape index (κ2) is 4.01. The fourth-order valence-corrected chi connectivity index (χ4v) is 1.32. The molecule has 1 atom stereocenters. The van der Waals surface area contributed by atoms with Crippen LogP contribution in [0.25, 0.3) is 0 Å². The van der Waals surface area contributed by atoms with E-state index >= 15 is 0 Å². The van der Waals surface area contributed by atoms with Crippen LogP contribution in [0.3, 0.4) is 0 Å². The van der Waals surface area contributed by atoms with Gasteiger partial charge in [0.2, 0.25) is 0 Å². The molecule has 78 valence electrons. The Balaban J connectivity index is 2.94. The van der Waals surface area contributed by atoms with Gasteiger partial charge in [0.05, 0.1) is 5.60 Å². The second-order valence-electron chi connectivity index (χ2n) is 4.07. The van der Waals surface area contributed by atoms with Crippen molar-refractivity contribution in [2.75, 3.05) is 19.0 Å². The van der Waals surface area contributed by atoms with Crippen LogP contribution in [0.5, 0.6) is 0 Å². The van der Waals surface area contributed by atoms with Crippen molar-refractivity contribution in [3.63, 3.8) is 0 Å². The molecule has 1 rings (SSSR count). The van der Waals surface area contributed by atoms with Gasteiger partial charge in [0.15, 0.2) is 0 Å². The maximum Gasteiger partial charge on any atom is 0.0865 e. The summed E-state index contributed by atoms with van der Waals surface area (Å²) < 4.78 is 0. The molecule has 0 spiro atoms. The van der Waals surface area contributed by atoms with E-state index in [1.807, 2.05) is 57.1 Å². The number of rotatable bonds is 3. The monoisotopic (exact) mass is 193 g/mol. The first kappa shape index (κ1) is 11.1. The third-order valence-corrected chi connectivity index (χ3v) is 2.69.